The summed E-state index contributed by atoms with van der Waals surface area (Å²) in [6, 6.07) is 0.572. The third-order valence-corrected chi connectivity index (χ3v) is 4.46. The lowest BCUT2D eigenvalue weighted by Crippen LogP contribution is -2.32. The zero-order valence-corrected chi connectivity index (χ0v) is 12.4. The van der Waals surface area contributed by atoms with Gasteiger partial charge in [0.2, 0.25) is 5.95 Å². The Morgan fingerprint density at radius 3 is 2.82 bits per heavy atom. The molecular formula is C14H18N6O2. The van der Waals surface area contributed by atoms with Crippen LogP contribution < -0.4 is 21.5 Å². The molecule has 2 aromatic heterocycles. The monoisotopic (exact) mass is 302 g/mol. The topological polar surface area (TPSA) is 95.9 Å². The number of anilines is 1. The fraction of sp³-hybridized carbons (Fsp3) is 0.571. The van der Waals surface area contributed by atoms with Crippen LogP contribution in [0.5, 0.6) is 0 Å². The Kier molecular flexibility index (Phi) is 3.00. The van der Waals surface area contributed by atoms with Crippen LogP contribution in [-0.2, 0) is 0 Å². The molecule has 0 radical (unpaired) electrons. The van der Waals surface area contributed by atoms with Gasteiger partial charge in [0.05, 0.1) is 0 Å². The lowest BCUT2D eigenvalue weighted by Gasteiger charge is -2.17. The minimum absolute atomic E-state index is 0.151. The maximum absolute atomic E-state index is 12.1. The van der Waals surface area contributed by atoms with Crippen molar-refractivity contribution in [3.8, 4) is 0 Å². The Bertz CT molecular complexity index is 837. The number of fused-ring (bicyclic) bond motifs is 1. The number of aromatic nitrogens is 4. The summed E-state index contributed by atoms with van der Waals surface area (Å²) in [6.45, 7) is 1.70. The first kappa shape index (κ1) is 13.4. The van der Waals surface area contributed by atoms with Crippen molar-refractivity contribution < 1.29 is 0 Å². The summed E-state index contributed by atoms with van der Waals surface area (Å²) >= 11 is 0. The molecule has 1 aliphatic heterocycles. The summed E-state index contributed by atoms with van der Waals surface area (Å²) in [5.74, 6) is 0.588. The molecule has 2 fully saturated rings. The van der Waals surface area contributed by atoms with Crippen LogP contribution >= 0.6 is 0 Å². The molecule has 1 aliphatic carbocycles. The van der Waals surface area contributed by atoms with Crippen molar-refractivity contribution in [3.63, 3.8) is 0 Å². The van der Waals surface area contributed by atoms with E-state index in [9.17, 15) is 9.59 Å². The Morgan fingerprint density at radius 1 is 1.32 bits per heavy atom. The van der Waals surface area contributed by atoms with Crippen molar-refractivity contribution in [2.75, 3.05) is 25.0 Å². The van der Waals surface area contributed by atoms with Gasteiger partial charge in [-0.3, -0.25) is 14.3 Å². The van der Waals surface area contributed by atoms with E-state index in [0.29, 0.717) is 23.0 Å². The van der Waals surface area contributed by atoms with Crippen molar-refractivity contribution in [1.82, 2.24) is 24.8 Å². The van der Waals surface area contributed by atoms with Crippen LogP contribution in [0.3, 0.4) is 0 Å². The van der Waals surface area contributed by atoms with Crippen LogP contribution in [0.2, 0.25) is 0 Å². The van der Waals surface area contributed by atoms with E-state index in [1.165, 1.54) is 6.20 Å². The molecule has 2 aliphatic rings. The lowest BCUT2D eigenvalue weighted by atomic mass is 10.3. The fourth-order valence-electron chi connectivity index (χ4n) is 3.03. The molecule has 2 aromatic rings. The summed E-state index contributed by atoms with van der Waals surface area (Å²) in [4.78, 5) is 37.3. The van der Waals surface area contributed by atoms with Gasteiger partial charge >= 0.3 is 5.69 Å². The van der Waals surface area contributed by atoms with E-state index in [1.807, 2.05) is 7.05 Å². The average molecular weight is 302 g/mol. The molecule has 0 spiro atoms. The average Bonchev–Trinajstić information content (AvgIpc) is 3.22. The van der Waals surface area contributed by atoms with E-state index in [-0.39, 0.29) is 11.7 Å². The molecule has 1 saturated heterocycles. The summed E-state index contributed by atoms with van der Waals surface area (Å²) in [7, 11) is 1.94. The first-order valence-electron chi connectivity index (χ1n) is 7.61. The maximum Gasteiger partial charge on any atom is 0.330 e. The van der Waals surface area contributed by atoms with E-state index in [2.05, 4.69) is 25.2 Å². The summed E-state index contributed by atoms with van der Waals surface area (Å²) in [6.07, 6.45) is 4.46. The summed E-state index contributed by atoms with van der Waals surface area (Å²) in [5.41, 5.74) is -0.341. The van der Waals surface area contributed by atoms with Gasteiger partial charge < -0.3 is 10.2 Å². The normalized spacial score (nSPS) is 21.7. The number of aromatic amines is 1. The van der Waals surface area contributed by atoms with Gasteiger partial charge in [-0.05, 0) is 26.3 Å². The van der Waals surface area contributed by atoms with Gasteiger partial charge in [0, 0.05) is 31.4 Å². The molecule has 3 heterocycles. The van der Waals surface area contributed by atoms with Gasteiger partial charge in [-0.2, -0.15) is 4.98 Å². The van der Waals surface area contributed by atoms with Crippen molar-refractivity contribution >= 4 is 17.0 Å². The molecule has 8 heteroatoms. The van der Waals surface area contributed by atoms with Gasteiger partial charge in [-0.25, -0.2) is 9.78 Å². The standard InChI is InChI=1S/C14H18N6O2/c1-15-8-4-5-19(7-8)13-16-6-10-11(17-13)20(9-2-3-9)14(22)18-12(10)21/h6,8-9,15H,2-5,7H2,1H3,(H,18,21,22)/t8-/m1/s1. The van der Waals surface area contributed by atoms with Crippen molar-refractivity contribution in [3.05, 3.63) is 27.0 Å². The Morgan fingerprint density at radius 2 is 2.14 bits per heavy atom. The van der Waals surface area contributed by atoms with Gasteiger partial charge in [-0.1, -0.05) is 0 Å². The first-order valence-corrected chi connectivity index (χ1v) is 7.61. The van der Waals surface area contributed by atoms with Crippen LogP contribution in [0.1, 0.15) is 25.3 Å². The van der Waals surface area contributed by atoms with Crippen molar-refractivity contribution in [1.29, 1.82) is 0 Å². The molecule has 2 N–H and O–H groups in total. The second-order valence-corrected chi connectivity index (χ2v) is 5.99. The molecular weight excluding hydrogens is 284 g/mol. The minimum atomic E-state index is -0.419. The predicted molar refractivity (Wildman–Crippen MR) is 82.4 cm³/mol. The quantitative estimate of drug-likeness (QED) is 0.802. The predicted octanol–water partition coefficient (Wildman–Crippen LogP) is -0.387. The molecule has 1 atom stereocenters. The SMILES string of the molecule is CN[C@@H]1CCN(c2ncc3c(=O)[nH]c(=O)n(C4CC4)c3n2)C1. The zero-order valence-electron chi connectivity index (χ0n) is 12.4. The fourth-order valence-corrected chi connectivity index (χ4v) is 3.03. The van der Waals surface area contributed by atoms with Gasteiger partial charge in [-0.15, -0.1) is 0 Å². The highest BCUT2D eigenvalue weighted by molar-refractivity contribution is 5.74. The number of hydrogen-bond donors (Lipinski definition) is 2. The molecule has 0 aromatic carbocycles. The van der Waals surface area contributed by atoms with Gasteiger partial charge in [0.25, 0.3) is 5.56 Å². The first-order chi connectivity index (χ1) is 10.7. The molecule has 116 valence electrons. The Hall–Kier alpha value is -2.22. The van der Waals surface area contributed by atoms with E-state index >= 15 is 0 Å². The maximum atomic E-state index is 12.1. The number of hydrogen-bond acceptors (Lipinski definition) is 6. The second kappa shape index (κ2) is 4.91. The van der Waals surface area contributed by atoms with Crippen LogP contribution in [0.25, 0.3) is 11.0 Å². The number of nitrogens with one attached hydrogen (secondary N) is 2. The molecule has 1 saturated carbocycles. The molecule has 8 nitrogen and oxygen atoms in total. The highest BCUT2D eigenvalue weighted by Gasteiger charge is 2.29. The van der Waals surface area contributed by atoms with E-state index in [1.54, 1.807) is 4.57 Å². The van der Waals surface area contributed by atoms with Gasteiger partial charge in [0.1, 0.15) is 5.39 Å². The lowest BCUT2D eigenvalue weighted by molar-refractivity contribution is 0.616. The molecule has 0 bridgehead atoms. The van der Waals surface area contributed by atoms with Crippen molar-refractivity contribution in [2.24, 2.45) is 0 Å². The number of H-pyrrole nitrogens is 1. The van der Waals surface area contributed by atoms with E-state index in [0.717, 1.165) is 32.4 Å². The molecule has 0 unspecified atom stereocenters. The number of rotatable bonds is 3. The molecule has 0 amide bonds. The van der Waals surface area contributed by atoms with Crippen LogP contribution in [0, 0.1) is 0 Å². The highest BCUT2D eigenvalue weighted by atomic mass is 16.2. The van der Waals surface area contributed by atoms with Gasteiger partial charge in [0.15, 0.2) is 5.65 Å². The van der Waals surface area contributed by atoms with Crippen LogP contribution in [0.15, 0.2) is 15.8 Å². The highest BCUT2D eigenvalue weighted by Crippen LogP contribution is 2.34. The number of likely N-dealkylation sites (N-methyl/N-ethyl adjacent to an activating group) is 1. The zero-order chi connectivity index (χ0) is 15.3. The third-order valence-electron chi connectivity index (χ3n) is 4.46. The van der Waals surface area contributed by atoms with E-state index < -0.39 is 5.56 Å². The summed E-state index contributed by atoms with van der Waals surface area (Å²) in [5, 5.41) is 3.63. The van der Waals surface area contributed by atoms with E-state index in [4.69, 9.17) is 0 Å². The minimum Gasteiger partial charge on any atom is -0.339 e. The van der Waals surface area contributed by atoms with Crippen molar-refractivity contribution in [2.45, 2.75) is 31.3 Å². The third kappa shape index (κ3) is 2.10. The Balaban J connectivity index is 1.84. The molecule has 4 rings (SSSR count). The Labute approximate surface area is 126 Å². The number of nitrogens with zero attached hydrogens (tertiary/aromatic N) is 4. The second-order valence-electron chi connectivity index (χ2n) is 5.99. The molecule has 22 heavy (non-hydrogen) atoms. The van der Waals surface area contributed by atoms with Crippen LogP contribution in [0.4, 0.5) is 5.95 Å². The summed E-state index contributed by atoms with van der Waals surface area (Å²) < 4.78 is 1.60. The largest absolute Gasteiger partial charge is 0.339 e. The smallest absolute Gasteiger partial charge is 0.330 e. The van der Waals surface area contributed by atoms with Crippen LogP contribution in [-0.4, -0.2) is 45.7 Å².